The molecule has 0 bridgehead atoms. The minimum atomic E-state index is -0.772. The fourth-order valence-electron chi connectivity index (χ4n) is 1.09. The topological polar surface area (TPSA) is 70.0 Å². The first kappa shape index (κ1) is 9.49. The molecule has 0 saturated heterocycles. The zero-order chi connectivity index (χ0) is 9.84. The molecule has 0 aromatic heterocycles. The second-order valence-corrected chi connectivity index (χ2v) is 2.64. The van der Waals surface area contributed by atoms with Crippen LogP contribution in [0.3, 0.4) is 0 Å². The molecule has 1 aromatic carbocycles. The van der Waals surface area contributed by atoms with E-state index >= 15 is 0 Å². The van der Waals surface area contributed by atoms with Gasteiger partial charge in [0.1, 0.15) is 11.6 Å². The number of hydrogen-bond acceptors (Lipinski definition) is 3. The Hall–Kier alpha value is -1.60. The molecule has 0 unspecified atom stereocenters. The van der Waals surface area contributed by atoms with Crippen LogP contribution in [0.2, 0.25) is 0 Å². The van der Waals surface area contributed by atoms with Gasteiger partial charge in [0.2, 0.25) is 0 Å². The highest BCUT2D eigenvalue weighted by Gasteiger charge is 2.14. The van der Waals surface area contributed by atoms with E-state index in [9.17, 15) is 9.50 Å². The number of rotatable bonds is 2. The number of phenolic OH excluding ortho intramolecular Hbond substituents is 1. The summed E-state index contributed by atoms with van der Waals surface area (Å²) in [5, 5.41) is 17.6. The zero-order valence-corrected chi connectivity index (χ0v) is 6.87. The molecular formula is C9H9FN2O. The number of phenols is 1. The highest BCUT2D eigenvalue weighted by Crippen LogP contribution is 2.26. The van der Waals surface area contributed by atoms with Gasteiger partial charge in [-0.05, 0) is 12.1 Å². The lowest BCUT2D eigenvalue weighted by molar-refractivity contribution is 0.449. The van der Waals surface area contributed by atoms with Crippen molar-refractivity contribution < 1.29 is 9.50 Å². The second kappa shape index (κ2) is 3.87. The van der Waals surface area contributed by atoms with E-state index in [0.29, 0.717) is 0 Å². The molecule has 68 valence electrons. The molecule has 3 nitrogen and oxygen atoms in total. The predicted octanol–water partition coefficient (Wildman–Crippen LogP) is 1.44. The lowest BCUT2D eigenvalue weighted by Gasteiger charge is -2.10. The maximum atomic E-state index is 13.1. The van der Waals surface area contributed by atoms with Crippen molar-refractivity contribution in [2.24, 2.45) is 5.73 Å². The van der Waals surface area contributed by atoms with Crippen LogP contribution < -0.4 is 5.73 Å². The monoisotopic (exact) mass is 180 g/mol. The Morgan fingerprint density at radius 3 is 2.85 bits per heavy atom. The number of nitriles is 1. The molecule has 4 heteroatoms. The van der Waals surface area contributed by atoms with Crippen LogP contribution in [-0.2, 0) is 0 Å². The summed E-state index contributed by atoms with van der Waals surface area (Å²) in [6.07, 6.45) is -0.0194. The van der Waals surface area contributed by atoms with E-state index in [4.69, 9.17) is 11.0 Å². The van der Waals surface area contributed by atoms with E-state index in [2.05, 4.69) is 0 Å². The van der Waals surface area contributed by atoms with Gasteiger partial charge in [-0.2, -0.15) is 5.26 Å². The summed E-state index contributed by atoms with van der Waals surface area (Å²) in [7, 11) is 0. The predicted molar refractivity (Wildman–Crippen MR) is 45.2 cm³/mol. The third kappa shape index (κ3) is 1.95. The average molecular weight is 180 g/mol. The summed E-state index contributed by atoms with van der Waals surface area (Å²) in [5.41, 5.74) is 5.49. The van der Waals surface area contributed by atoms with Crippen LogP contribution in [0, 0.1) is 17.1 Å². The second-order valence-electron chi connectivity index (χ2n) is 2.64. The Kier molecular flexibility index (Phi) is 2.83. The van der Waals surface area contributed by atoms with Crippen molar-refractivity contribution in [2.75, 3.05) is 0 Å². The fourth-order valence-corrected chi connectivity index (χ4v) is 1.09. The molecule has 0 heterocycles. The number of hydrogen-bond donors (Lipinski definition) is 2. The van der Waals surface area contributed by atoms with Crippen LogP contribution in [0.15, 0.2) is 18.2 Å². The zero-order valence-electron chi connectivity index (χ0n) is 6.87. The van der Waals surface area contributed by atoms with Gasteiger partial charge in [-0.1, -0.05) is 6.07 Å². The normalized spacial score (nSPS) is 12.1. The van der Waals surface area contributed by atoms with Gasteiger partial charge in [-0.3, -0.25) is 0 Å². The molecule has 0 aliphatic rings. The van der Waals surface area contributed by atoms with E-state index in [1.807, 2.05) is 6.07 Å². The number of aromatic hydroxyl groups is 1. The Balaban J connectivity index is 3.06. The van der Waals surface area contributed by atoms with Gasteiger partial charge >= 0.3 is 0 Å². The highest BCUT2D eigenvalue weighted by molar-refractivity contribution is 5.36. The minimum absolute atomic E-state index is 0.00375. The van der Waals surface area contributed by atoms with Gasteiger partial charge in [0.05, 0.1) is 12.5 Å². The van der Waals surface area contributed by atoms with Crippen molar-refractivity contribution in [1.29, 1.82) is 5.26 Å². The summed E-state index contributed by atoms with van der Waals surface area (Å²) in [4.78, 5) is 0. The van der Waals surface area contributed by atoms with Crippen LogP contribution in [0.5, 0.6) is 5.75 Å². The third-order valence-electron chi connectivity index (χ3n) is 1.71. The van der Waals surface area contributed by atoms with Crippen molar-refractivity contribution in [3.63, 3.8) is 0 Å². The first-order chi connectivity index (χ1) is 6.16. The largest absolute Gasteiger partial charge is 0.508 e. The van der Waals surface area contributed by atoms with E-state index in [-0.39, 0.29) is 17.7 Å². The van der Waals surface area contributed by atoms with Crippen molar-refractivity contribution >= 4 is 0 Å². The standard InChI is InChI=1S/C9H9FN2O/c10-6-2-1-3-8(13)9(6)7(12)4-5-11/h1-3,7,13H,4,12H2/t7-/m1/s1. The first-order valence-electron chi connectivity index (χ1n) is 3.76. The van der Waals surface area contributed by atoms with E-state index < -0.39 is 11.9 Å². The van der Waals surface area contributed by atoms with Crippen LogP contribution in [0.1, 0.15) is 18.0 Å². The molecule has 13 heavy (non-hydrogen) atoms. The lowest BCUT2D eigenvalue weighted by atomic mass is 10.0. The van der Waals surface area contributed by atoms with Crippen molar-refractivity contribution in [2.45, 2.75) is 12.5 Å². The summed E-state index contributed by atoms with van der Waals surface area (Å²) >= 11 is 0. The maximum Gasteiger partial charge on any atom is 0.131 e. The molecule has 1 atom stereocenters. The van der Waals surface area contributed by atoms with Crippen molar-refractivity contribution in [1.82, 2.24) is 0 Å². The van der Waals surface area contributed by atoms with E-state index in [0.717, 1.165) is 0 Å². The van der Waals surface area contributed by atoms with Crippen molar-refractivity contribution in [3.05, 3.63) is 29.6 Å². The SMILES string of the molecule is N#CC[C@@H](N)c1c(O)cccc1F. The fraction of sp³-hybridized carbons (Fsp3) is 0.222. The molecule has 0 saturated carbocycles. The van der Waals surface area contributed by atoms with Gasteiger partial charge in [0.25, 0.3) is 0 Å². The van der Waals surface area contributed by atoms with Crippen LogP contribution in [-0.4, -0.2) is 5.11 Å². The Morgan fingerprint density at radius 2 is 2.31 bits per heavy atom. The highest BCUT2D eigenvalue weighted by atomic mass is 19.1. The summed E-state index contributed by atoms with van der Waals surface area (Å²) in [6, 6.07) is 4.97. The first-order valence-corrected chi connectivity index (χ1v) is 3.76. The van der Waals surface area contributed by atoms with Crippen LogP contribution >= 0.6 is 0 Å². The summed E-state index contributed by atoms with van der Waals surface area (Å²) in [5.74, 6) is -0.787. The maximum absolute atomic E-state index is 13.1. The van der Waals surface area contributed by atoms with Gasteiger partial charge in [0.15, 0.2) is 0 Å². The minimum Gasteiger partial charge on any atom is -0.508 e. The number of benzene rings is 1. The summed E-state index contributed by atoms with van der Waals surface area (Å²) in [6.45, 7) is 0. The molecule has 0 fully saturated rings. The van der Waals surface area contributed by atoms with Gasteiger partial charge < -0.3 is 10.8 Å². The molecule has 0 aliphatic heterocycles. The molecule has 3 N–H and O–H groups in total. The molecular weight excluding hydrogens is 171 g/mol. The molecule has 0 aliphatic carbocycles. The van der Waals surface area contributed by atoms with E-state index in [1.54, 1.807) is 0 Å². The number of nitrogens with two attached hydrogens (primary N) is 1. The Bertz CT molecular complexity index is 326. The smallest absolute Gasteiger partial charge is 0.131 e. The number of halogens is 1. The molecule has 1 aromatic rings. The molecule has 0 radical (unpaired) electrons. The quantitative estimate of drug-likeness (QED) is 0.723. The van der Waals surface area contributed by atoms with Crippen LogP contribution in [0.4, 0.5) is 4.39 Å². The Labute approximate surface area is 75.2 Å². The number of nitrogens with zero attached hydrogens (tertiary/aromatic N) is 1. The van der Waals surface area contributed by atoms with Crippen molar-refractivity contribution in [3.8, 4) is 11.8 Å². The Morgan fingerprint density at radius 1 is 1.62 bits per heavy atom. The summed E-state index contributed by atoms with van der Waals surface area (Å²) < 4.78 is 13.1. The van der Waals surface area contributed by atoms with Crippen LogP contribution in [0.25, 0.3) is 0 Å². The van der Waals surface area contributed by atoms with Gasteiger partial charge in [0, 0.05) is 11.6 Å². The third-order valence-corrected chi connectivity index (χ3v) is 1.71. The van der Waals surface area contributed by atoms with E-state index in [1.165, 1.54) is 18.2 Å². The average Bonchev–Trinajstić information content (AvgIpc) is 2.04. The molecule has 0 spiro atoms. The lowest BCUT2D eigenvalue weighted by Crippen LogP contribution is -2.11. The van der Waals surface area contributed by atoms with Gasteiger partial charge in [-0.25, -0.2) is 4.39 Å². The molecule has 1 rings (SSSR count). The van der Waals surface area contributed by atoms with Gasteiger partial charge in [-0.15, -0.1) is 0 Å². The molecule has 0 amide bonds.